The van der Waals surface area contributed by atoms with Gasteiger partial charge in [-0.2, -0.15) is 0 Å². The van der Waals surface area contributed by atoms with Crippen molar-refractivity contribution in [2.45, 2.75) is 34.1 Å². The number of nitrogens with zero attached hydrogens (tertiary/aromatic N) is 2. The van der Waals surface area contributed by atoms with E-state index in [1.54, 1.807) is 4.90 Å². The number of para-hydroxylation sites is 1. The molecule has 1 aromatic heterocycles. The molecule has 2 rings (SSSR count). The lowest BCUT2D eigenvalue weighted by Crippen LogP contribution is -2.28. The SMILES string of the molecule is Cc1nc(C)c(C(=O)N(C)CCCOc2c(C)cccc2C)s1. The Labute approximate surface area is 142 Å². The Balaban J connectivity index is 1.84. The van der Waals surface area contributed by atoms with Crippen molar-refractivity contribution in [2.75, 3.05) is 20.2 Å². The van der Waals surface area contributed by atoms with Gasteiger partial charge in [-0.15, -0.1) is 11.3 Å². The molecule has 0 radical (unpaired) electrons. The Kier molecular flexibility index (Phi) is 5.77. The molecule has 0 aliphatic carbocycles. The molecule has 1 heterocycles. The van der Waals surface area contributed by atoms with Crippen LogP contribution < -0.4 is 4.74 Å². The third-order valence-electron chi connectivity index (χ3n) is 3.74. The van der Waals surface area contributed by atoms with Gasteiger partial charge in [-0.3, -0.25) is 4.79 Å². The monoisotopic (exact) mass is 332 g/mol. The first-order chi connectivity index (χ1) is 10.9. The highest BCUT2D eigenvalue weighted by Crippen LogP contribution is 2.22. The van der Waals surface area contributed by atoms with Crippen molar-refractivity contribution in [2.24, 2.45) is 0 Å². The van der Waals surface area contributed by atoms with Crippen LogP contribution in [0.2, 0.25) is 0 Å². The van der Waals surface area contributed by atoms with E-state index < -0.39 is 0 Å². The van der Waals surface area contributed by atoms with Gasteiger partial charge in [-0.1, -0.05) is 18.2 Å². The van der Waals surface area contributed by atoms with Crippen LogP contribution in [0.5, 0.6) is 5.75 Å². The van der Waals surface area contributed by atoms with Crippen LogP contribution in [0.4, 0.5) is 0 Å². The standard InChI is InChI=1S/C18H24N2O2S/c1-12-8-6-9-13(2)16(12)22-11-7-10-20(5)18(21)17-14(3)19-15(4)23-17/h6,8-9H,7,10-11H2,1-5H3. The minimum atomic E-state index is 0.0418. The van der Waals surface area contributed by atoms with Crippen LogP contribution in [-0.2, 0) is 0 Å². The van der Waals surface area contributed by atoms with Crippen LogP contribution in [0.1, 0.15) is 37.9 Å². The molecule has 4 nitrogen and oxygen atoms in total. The number of aryl methyl sites for hydroxylation is 4. The summed E-state index contributed by atoms with van der Waals surface area (Å²) in [4.78, 5) is 19.2. The van der Waals surface area contributed by atoms with Crippen molar-refractivity contribution in [3.05, 3.63) is 44.9 Å². The van der Waals surface area contributed by atoms with Crippen LogP contribution in [0.3, 0.4) is 0 Å². The molecule has 0 atom stereocenters. The van der Waals surface area contributed by atoms with Crippen molar-refractivity contribution in [3.63, 3.8) is 0 Å². The molecule has 0 N–H and O–H groups in total. The van der Waals surface area contributed by atoms with Gasteiger partial charge >= 0.3 is 0 Å². The summed E-state index contributed by atoms with van der Waals surface area (Å²) in [6.45, 7) is 9.17. The van der Waals surface area contributed by atoms with Crippen LogP contribution in [-0.4, -0.2) is 36.0 Å². The van der Waals surface area contributed by atoms with E-state index in [-0.39, 0.29) is 5.91 Å². The minimum absolute atomic E-state index is 0.0418. The first-order valence-electron chi connectivity index (χ1n) is 7.78. The summed E-state index contributed by atoms with van der Waals surface area (Å²) in [5.74, 6) is 0.996. The number of carbonyl (C=O) groups excluding carboxylic acids is 1. The first-order valence-corrected chi connectivity index (χ1v) is 8.60. The van der Waals surface area contributed by atoms with Gasteiger partial charge in [0.1, 0.15) is 10.6 Å². The zero-order chi connectivity index (χ0) is 17.0. The predicted octanol–water partition coefficient (Wildman–Crippen LogP) is 3.92. The molecule has 0 aliphatic heterocycles. The third kappa shape index (κ3) is 4.32. The molecule has 0 bridgehead atoms. The van der Waals surface area contributed by atoms with Gasteiger partial charge in [-0.05, 0) is 45.2 Å². The van der Waals surface area contributed by atoms with E-state index in [4.69, 9.17) is 4.74 Å². The summed E-state index contributed by atoms with van der Waals surface area (Å²) < 4.78 is 5.88. The second-order valence-corrected chi connectivity index (χ2v) is 7.00. The minimum Gasteiger partial charge on any atom is -0.493 e. The smallest absolute Gasteiger partial charge is 0.265 e. The van der Waals surface area contributed by atoms with E-state index >= 15 is 0 Å². The Bertz CT molecular complexity index is 674. The van der Waals surface area contributed by atoms with E-state index in [0.717, 1.165) is 38.9 Å². The van der Waals surface area contributed by atoms with E-state index in [9.17, 15) is 4.79 Å². The lowest BCUT2D eigenvalue weighted by molar-refractivity contribution is 0.0791. The first kappa shape index (κ1) is 17.5. The molecule has 1 aromatic carbocycles. The number of ether oxygens (including phenoxy) is 1. The molecule has 23 heavy (non-hydrogen) atoms. The van der Waals surface area contributed by atoms with Crippen molar-refractivity contribution >= 4 is 17.2 Å². The summed E-state index contributed by atoms with van der Waals surface area (Å²) in [6, 6.07) is 6.13. The number of aromatic nitrogens is 1. The number of hydrogen-bond donors (Lipinski definition) is 0. The second-order valence-electron chi connectivity index (χ2n) is 5.80. The molecule has 1 amide bonds. The molecule has 0 unspecified atom stereocenters. The molecular weight excluding hydrogens is 308 g/mol. The van der Waals surface area contributed by atoms with E-state index in [1.165, 1.54) is 11.3 Å². The van der Waals surface area contributed by atoms with Gasteiger partial charge in [0.25, 0.3) is 5.91 Å². The molecule has 2 aromatic rings. The number of benzene rings is 1. The topological polar surface area (TPSA) is 42.4 Å². The zero-order valence-electron chi connectivity index (χ0n) is 14.5. The molecule has 0 aliphatic rings. The summed E-state index contributed by atoms with van der Waals surface area (Å²) in [5, 5.41) is 0.928. The Morgan fingerprint density at radius 1 is 1.22 bits per heavy atom. The molecule has 0 spiro atoms. The van der Waals surface area contributed by atoms with Gasteiger partial charge in [0.2, 0.25) is 0 Å². The van der Waals surface area contributed by atoms with Gasteiger partial charge in [0.05, 0.1) is 17.3 Å². The van der Waals surface area contributed by atoms with Gasteiger partial charge in [-0.25, -0.2) is 4.98 Å². The Morgan fingerprint density at radius 2 is 1.87 bits per heavy atom. The van der Waals surface area contributed by atoms with E-state index in [0.29, 0.717) is 13.2 Å². The quantitative estimate of drug-likeness (QED) is 0.753. The Hall–Kier alpha value is -1.88. The third-order valence-corrected chi connectivity index (χ3v) is 4.80. The lowest BCUT2D eigenvalue weighted by Gasteiger charge is -2.17. The maximum Gasteiger partial charge on any atom is 0.265 e. The molecule has 5 heteroatoms. The maximum absolute atomic E-state index is 12.4. The lowest BCUT2D eigenvalue weighted by atomic mass is 10.1. The van der Waals surface area contributed by atoms with Gasteiger partial charge in [0, 0.05) is 13.6 Å². The normalized spacial score (nSPS) is 10.7. The average Bonchev–Trinajstić information content (AvgIpc) is 2.83. The summed E-state index contributed by atoms with van der Waals surface area (Å²) in [6.07, 6.45) is 0.798. The summed E-state index contributed by atoms with van der Waals surface area (Å²) in [5.41, 5.74) is 3.10. The van der Waals surface area contributed by atoms with Crippen molar-refractivity contribution in [3.8, 4) is 5.75 Å². The Morgan fingerprint density at radius 3 is 2.43 bits per heavy atom. The van der Waals surface area contributed by atoms with Crippen molar-refractivity contribution in [1.82, 2.24) is 9.88 Å². The zero-order valence-corrected chi connectivity index (χ0v) is 15.3. The van der Waals surface area contributed by atoms with Crippen LogP contribution in [0, 0.1) is 27.7 Å². The maximum atomic E-state index is 12.4. The van der Waals surface area contributed by atoms with Crippen LogP contribution >= 0.6 is 11.3 Å². The fraction of sp³-hybridized carbons (Fsp3) is 0.444. The molecule has 0 saturated heterocycles. The summed E-state index contributed by atoms with van der Waals surface area (Å²) >= 11 is 1.46. The van der Waals surface area contributed by atoms with E-state index in [2.05, 4.69) is 4.98 Å². The average molecular weight is 332 g/mol. The van der Waals surface area contributed by atoms with Crippen molar-refractivity contribution < 1.29 is 9.53 Å². The number of carbonyl (C=O) groups is 1. The number of rotatable bonds is 6. The number of amides is 1. The fourth-order valence-electron chi connectivity index (χ4n) is 2.51. The van der Waals surface area contributed by atoms with Crippen molar-refractivity contribution in [1.29, 1.82) is 0 Å². The number of hydrogen-bond acceptors (Lipinski definition) is 4. The molecule has 0 fully saturated rings. The molecule has 124 valence electrons. The highest BCUT2D eigenvalue weighted by molar-refractivity contribution is 7.13. The molecule has 0 saturated carbocycles. The van der Waals surface area contributed by atoms with Gasteiger partial charge in [0.15, 0.2) is 0 Å². The summed E-state index contributed by atoms with van der Waals surface area (Å²) in [7, 11) is 1.83. The highest BCUT2D eigenvalue weighted by Gasteiger charge is 2.17. The number of thiazole rings is 1. The molecular formula is C18H24N2O2S. The highest BCUT2D eigenvalue weighted by atomic mass is 32.1. The fourth-order valence-corrected chi connectivity index (χ4v) is 3.42. The van der Waals surface area contributed by atoms with Crippen LogP contribution in [0.25, 0.3) is 0 Å². The second kappa shape index (κ2) is 7.59. The van der Waals surface area contributed by atoms with Gasteiger partial charge < -0.3 is 9.64 Å². The largest absolute Gasteiger partial charge is 0.493 e. The predicted molar refractivity (Wildman–Crippen MR) is 94.6 cm³/mol. The van der Waals surface area contributed by atoms with Crippen LogP contribution in [0.15, 0.2) is 18.2 Å². The van der Waals surface area contributed by atoms with E-state index in [1.807, 2.05) is 52.9 Å².